The molecule has 1 aliphatic rings. The lowest BCUT2D eigenvalue weighted by Crippen LogP contribution is -2.38. The number of carbonyl (C=O) groups is 1. The van der Waals surface area contributed by atoms with Gasteiger partial charge in [0.2, 0.25) is 0 Å². The Morgan fingerprint density at radius 3 is 2.94 bits per heavy atom. The highest BCUT2D eigenvalue weighted by molar-refractivity contribution is 5.88. The molecule has 1 atom stereocenters. The van der Waals surface area contributed by atoms with Gasteiger partial charge in [0.1, 0.15) is 5.41 Å². The largest absolute Gasteiger partial charge is 0.478 e. The second-order valence-electron chi connectivity index (χ2n) is 4.02. The Morgan fingerprint density at radius 2 is 2.35 bits per heavy atom. The fourth-order valence-electron chi connectivity index (χ4n) is 1.95. The highest BCUT2D eigenvalue weighted by Crippen LogP contribution is 2.32. The van der Waals surface area contributed by atoms with Crippen LogP contribution in [0.5, 0.6) is 0 Å². The number of aliphatic hydroxyl groups excluding tert-OH is 1. The van der Waals surface area contributed by atoms with Crippen LogP contribution in [-0.2, 0) is 16.8 Å². The highest BCUT2D eigenvalue weighted by atomic mass is 16.5. The third-order valence-corrected chi connectivity index (χ3v) is 2.96. The number of carboxylic acids is 1. The molecule has 2 rings (SSSR count). The van der Waals surface area contributed by atoms with Crippen molar-refractivity contribution in [2.24, 2.45) is 0 Å². The van der Waals surface area contributed by atoms with E-state index in [1.807, 2.05) is 6.07 Å². The molecule has 0 aliphatic carbocycles. The molecule has 1 unspecified atom stereocenters. The summed E-state index contributed by atoms with van der Waals surface area (Å²) in [5, 5.41) is 27.5. The Morgan fingerprint density at radius 1 is 1.59 bits per heavy atom. The molecule has 0 bridgehead atoms. The SMILES string of the molecule is N#CC1(CO)COCc2ccc(C(=O)O)cc21. The second kappa shape index (κ2) is 4.17. The van der Waals surface area contributed by atoms with E-state index in [0.29, 0.717) is 12.2 Å². The number of nitriles is 1. The van der Waals surface area contributed by atoms with Crippen LogP contribution in [-0.4, -0.2) is 29.4 Å². The van der Waals surface area contributed by atoms with Crippen molar-refractivity contribution in [3.8, 4) is 6.07 Å². The van der Waals surface area contributed by atoms with E-state index in [9.17, 15) is 15.2 Å². The molecule has 0 aromatic heterocycles. The van der Waals surface area contributed by atoms with Crippen molar-refractivity contribution < 1.29 is 19.7 Å². The first-order valence-corrected chi connectivity index (χ1v) is 5.09. The van der Waals surface area contributed by atoms with Gasteiger partial charge in [-0.2, -0.15) is 5.26 Å². The van der Waals surface area contributed by atoms with Gasteiger partial charge in [-0.05, 0) is 23.3 Å². The third kappa shape index (κ3) is 1.78. The minimum atomic E-state index is -1.15. The fourth-order valence-corrected chi connectivity index (χ4v) is 1.95. The van der Waals surface area contributed by atoms with Gasteiger partial charge in [-0.3, -0.25) is 0 Å². The Bertz CT molecular complexity index is 506. The molecule has 0 amide bonds. The van der Waals surface area contributed by atoms with Crippen LogP contribution in [0.25, 0.3) is 0 Å². The lowest BCUT2D eigenvalue weighted by molar-refractivity contribution is 0.0465. The summed E-state index contributed by atoms with van der Waals surface area (Å²) < 4.78 is 5.26. The molecule has 0 saturated heterocycles. The molecule has 88 valence electrons. The van der Waals surface area contributed by atoms with Crippen molar-refractivity contribution in [3.63, 3.8) is 0 Å². The molecule has 1 aliphatic heterocycles. The molecule has 0 fully saturated rings. The molecule has 2 N–H and O–H groups in total. The number of fused-ring (bicyclic) bond motifs is 1. The zero-order valence-corrected chi connectivity index (χ0v) is 9.01. The second-order valence-corrected chi connectivity index (χ2v) is 4.02. The van der Waals surface area contributed by atoms with Crippen LogP contribution < -0.4 is 0 Å². The van der Waals surface area contributed by atoms with Gasteiger partial charge >= 0.3 is 5.97 Å². The molecule has 0 saturated carbocycles. The molecule has 5 heteroatoms. The summed E-state index contributed by atoms with van der Waals surface area (Å²) in [6.45, 7) is 0.0221. The van der Waals surface area contributed by atoms with Crippen LogP contribution in [0.1, 0.15) is 21.5 Å². The van der Waals surface area contributed by atoms with Crippen molar-refractivity contribution in [1.29, 1.82) is 5.26 Å². The summed E-state index contributed by atoms with van der Waals surface area (Å²) in [7, 11) is 0. The number of nitrogens with zero attached hydrogens (tertiary/aromatic N) is 1. The topological polar surface area (TPSA) is 90.5 Å². The first kappa shape index (κ1) is 11.6. The van der Waals surface area contributed by atoms with E-state index >= 15 is 0 Å². The van der Waals surface area contributed by atoms with Gasteiger partial charge in [0.05, 0.1) is 31.5 Å². The van der Waals surface area contributed by atoms with Gasteiger partial charge < -0.3 is 14.9 Å². The maximum Gasteiger partial charge on any atom is 0.335 e. The summed E-state index contributed by atoms with van der Waals surface area (Å²) in [5.41, 5.74) is 0.253. The van der Waals surface area contributed by atoms with Crippen LogP contribution >= 0.6 is 0 Å². The number of hydrogen-bond donors (Lipinski definition) is 2. The molecule has 1 aromatic rings. The van der Waals surface area contributed by atoms with E-state index in [-0.39, 0.29) is 18.8 Å². The van der Waals surface area contributed by atoms with Gasteiger partial charge in [-0.25, -0.2) is 4.79 Å². The molecule has 5 nitrogen and oxygen atoms in total. The van der Waals surface area contributed by atoms with Crippen molar-refractivity contribution in [2.75, 3.05) is 13.2 Å². The number of aliphatic hydroxyl groups is 1. The molecule has 0 radical (unpaired) electrons. The molecular formula is C12H11NO4. The maximum absolute atomic E-state index is 10.9. The first-order chi connectivity index (χ1) is 8.13. The summed E-state index contributed by atoms with van der Waals surface area (Å²) >= 11 is 0. The Balaban J connectivity index is 2.60. The molecule has 1 aromatic carbocycles. The van der Waals surface area contributed by atoms with Crippen molar-refractivity contribution in [2.45, 2.75) is 12.0 Å². The van der Waals surface area contributed by atoms with Crippen LogP contribution in [0.2, 0.25) is 0 Å². The van der Waals surface area contributed by atoms with E-state index in [1.165, 1.54) is 12.1 Å². The smallest absolute Gasteiger partial charge is 0.335 e. The normalized spacial score (nSPS) is 22.6. The van der Waals surface area contributed by atoms with E-state index in [1.54, 1.807) is 6.07 Å². The van der Waals surface area contributed by atoms with Gasteiger partial charge in [0.15, 0.2) is 0 Å². The summed E-state index contributed by atoms with van der Waals surface area (Å²) in [4.78, 5) is 10.9. The Kier molecular flexibility index (Phi) is 2.84. The number of benzene rings is 1. The van der Waals surface area contributed by atoms with E-state index in [2.05, 4.69) is 0 Å². The highest BCUT2D eigenvalue weighted by Gasteiger charge is 2.37. The maximum atomic E-state index is 10.9. The zero-order valence-electron chi connectivity index (χ0n) is 9.01. The van der Waals surface area contributed by atoms with Crippen LogP contribution in [0, 0.1) is 11.3 Å². The first-order valence-electron chi connectivity index (χ1n) is 5.09. The lowest BCUT2D eigenvalue weighted by Gasteiger charge is -2.31. The molecule has 0 spiro atoms. The summed E-state index contributed by atoms with van der Waals surface area (Å²) in [6.07, 6.45) is 0. The van der Waals surface area contributed by atoms with Crippen LogP contribution in [0.4, 0.5) is 0 Å². The molecular weight excluding hydrogens is 222 g/mol. The van der Waals surface area contributed by atoms with Gasteiger partial charge in [-0.15, -0.1) is 0 Å². The van der Waals surface area contributed by atoms with E-state index in [4.69, 9.17) is 9.84 Å². The monoisotopic (exact) mass is 233 g/mol. The number of hydrogen-bond acceptors (Lipinski definition) is 4. The number of aromatic carboxylic acids is 1. The summed E-state index contributed by atoms with van der Waals surface area (Å²) in [5.74, 6) is -1.05. The average Bonchev–Trinajstić information content (AvgIpc) is 2.37. The quantitative estimate of drug-likeness (QED) is 0.783. The van der Waals surface area contributed by atoms with Crippen LogP contribution in [0.3, 0.4) is 0 Å². The molecule has 1 heterocycles. The number of carboxylic acid groups (broad SMARTS) is 1. The zero-order chi connectivity index (χ0) is 12.5. The van der Waals surface area contributed by atoms with E-state index < -0.39 is 11.4 Å². The predicted molar refractivity (Wildman–Crippen MR) is 57.4 cm³/mol. The van der Waals surface area contributed by atoms with Gasteiger partial charge in [-0.1, -0.05) is 6.07 Å². The lowest BCUT2D eigenvalue weighted by atomic mass is 9.78. The Labute approximate surface area is 97.9 Å². The standard InChI is InChI=1S/C12H11NO4/c13-5-12(6-14)7-17-4-9-2-1-8(11(15)16)3-10(9)12/h1-3,14H,4,6-7H2,(H,15,16). The third-order valence-electron chi connectivity index (χ3n) is 2.96. The summed E-state index contributed by atoms with van der Waals surface area (Å²) in [6, 6.07) is 6.56. The van der Waals surface area contributed by atoms with Crippen LogP contribution in [0.15, 0.2) is 18.2 Å². The van der Waals surface area contributed by atoms with Gasteiger partial charge in [0.25, 0.3) is 0 Å². The predicted octanol–water partition coefficient (Wildman–Crippen LogP) is 0.669. The minimum Gasteiger partial charge on any atom is -0.478 e. The molecule has 17 heavy (non-hydrogen) atoms. The fraction of sp³-hybridized carbons (Fsp3) is 0.333. The minimum absolute atomic E-state index is 0.0794. The van der Waals surface area contributed by atoms with Crippen molar-refractivity contribution in [3.05, 3.63) is 34.9 Å². The van der Waals surface area contributed by atoms with Gasteiger partial charge in [0, 0.05) is 0 Å². The number of ether oxygens (including phenoxy) is 1. The van der Waals surface area contributed by atoms with Crippen molar-refractivity contribution >= 4 is 5.97 Å². The number of rotatable bonds is 2. The van der Waals surface area contributed by atoms with Crippen molar-refractivity contribution in [1.82, 2.24) is 0 Å². The van der Waals surface area contributed by atoms with E-state index in [0.717, 1.165) is 5.56 Å². The average molecular weight is 233 g/mol. The Hall–Kier alpha value is -1.90.